The Bertz CT molecular complexity index is 1120. The summed E-state index contributed by atoms with van der Waals surface area (Å²) in [4.78, 5) is 17.6. The molecule has 4 rings (SSSR count). The van der Waals surface area contributed by atoms with Gasteiger partial charge in [-0.15, -0.1) is 0 Å². The van der Waals surface area contributed by atoms with Gasteiger partial charge in [0.25, 0.3) is 5.56 Å². The molecule has 0 amide bonds. The Labute approximate surface area is 157 Å². The van der Waals surface area contributed by atoms with E-state index < -0.39 is 0 Å². The van der Waals surface area contributed by atoms with E-state index in [9.17, 15) is 4.79 Å². The smallest absolute Gasteiger partial charge is 0.262 e. The lowest BCUT2D eigenvalue weighted by molar-refractivity contribution is 0.393. The second-order valence-corrected chi connectivity index (χ2v) is 7.12. The van der Waals surface area contributed by atoms with Crippen LogP contribution in [0.5, 0.6) is 0 Å². The number of aromatic nitrogens is 3. The molecular formula is C18H14ClN3O3S. The maximum atomic E-state index is 13.0. The van der Waals surface area contributed by atoms with Gasteiger partial charge < -0.3 is 8.94 Å². The fraction of sp³-hybridized carbons (Fsp3) is 0.167. The molecule has 0 radical (unpaired) electrons. The standard InChI is InChI=1S/C18H14ClN3O3S/c1-11-7-13(21-25-11)10-26-18-20-16-8-12(19)4-5-15(16)17(23)22(18)9-14-3-2-6-24-14/h2-8H,9-10H2,1H3. The quantitative estimate of drug-likeness (QED) is 0.376. The minimum Gasteiger partial charge on any atom is -0.467 e. The summed E-state index contributed by atoms with van der Waals surface area (Å²) in [5.41, 5.74) is 1.22. The number of furan rings is 1. The molecule has 0 saturated carbocycles. The maximum absolute atomic E-state index is 13.0. The number of benzene rings is 1. The third-order valence-electron chi connectivity index (χ3n) is 3.80. The number of rotatable bonds is 5. The second kappa shape index (κ2) is 7.01. The van der Waals surface area contributed by atoms with E-state index >= 15 is 0 Å². The van der Waals surface area contributed by atoms with Crippen LogP contribution in [0, 0.1) is 6.92 Å². The Morgan fingerprint density at radius 1 is 1.27 bits per heavy atom. The molecule has 0 aliphatic carbocycles. The molecule has 0 spiro atoms. The molecular weight excluding hydrogens is 374 g/mol. The third-order valence-corrected chi connectivity index (χ3v) is 5.05. The maximum Gasteiger partial charge on any atom is 0.262 e. The van der Waals surface area contributed by atoms with Crippen LogP contribution in [-0.2, 0) is 12.3 Å². The normalized spacial score (nSPS) is 11.3. The fourth-order valence-corrected chi connectivity index (χ4v) is 3.65. The van der Waals surface area contributed by atoms with Crippen molar-refractivity contribution in [3.63, 3.8) is 0 Å². The summed E-state index contributed by atoms with van der Waals surface area (Å²) in [6, 6.07) is 10.6. The van der Waals surface area contributed by atoms with Crippen LogP contribution in [-0.4, -0.2) is 14.7 Å². The Hall–Kier alpha value is -2.51. The van der Waals surface area contributed by atoms with Crippen molar-refractivity contribution in [3.05, 3.63) is 75.3 Å². The summed E-state index contributed by atoms with van der Waals surface area (Å²) >= 11 is 7.48. The number of halogens is 1. The highest BCUT2D eigenvalue weighted by Crippen LogP contribution is 2.24. The van der Waals surface area contributed by atoms with Gasteiger partial charge >= 0.3 is 0 Å². The van der Waals surface area contributed by atoms with E-state index in [-0.39, 0.29) is 5.56 Å². The molecule has 4 aromatic rings. The van der Waals surface area contributed by atoms with Crippen LogP contribution in [0.2, 0.25) is 5.02 Å². The Kier molecular flexibility index (Phi) is 4.57. The van der Waals surface area contributed by atoms with E-state index in [0.29, 0.717) is 39.1 Å². The van der Waals surface area contributed by atoms with Crippen molar-refractivity contribution in [2.24, 2.45) is 0 Å². The SMILES string of the molecule is Cc1cc(CSc2nc3cc(Cl)ccc3c(=O)n2Cc2ccco2)no1. The number of thioether (sulfide) groups is 1. The summed E-state index contributed by atoms with van der Waals surface area (Å²) in [5.74, 6) is 1.96. The minimum absolute atomic E-state index is 0.137. The molecule has 3 aromatic heterocycles. The molecule has 0 fully saturated rings. The monoisotopic (exact) mass is 387 g/mol. The summed E-state index contributed by atoms with van der Waals surface area (Å²) in [5, 5.41) is 5.61. The predicted octanol–water partition coefficient (Wildman–Crippen LogP) is 4.28. The van der Waals surface area contributed by atoms with Crippen molar-refractivity contribution in [1.29, 1.82) is 0 Å². The van der Waals surface area contributed by atoms with Crippen LogP contribution in [0.25, 0.3) is 10.9 Å². The first kappa shape index (κ1) is 16.9. The van der Waals surface area contributed by atoms with Crippen LogP contribution in [0.1, 0.15) is 17.2 Å². The molecule has 0 aliphatic heterocycles. The summed E-state index contributed by atoms with van der Waals surface area (Å²) in [6.07, 6.45) is 1.58. The van der Waals surface area contributed by atoms with Crippen molar-refractivity contribution in [2.75, 3.05) is 0 Å². The van der Waals surface area contributed by atoms with Gasteiger partial charge in [-0.05, 0) is 37.3 Å². The molecule has 0 unspecified atom stereocenters. The van der Waals surface area contributed by atoms with E-state index in [1.807, 2.05) is 19.1 Å². The lowest BCUT2D eigenvalue weighted by atomic mass is 10.2. The van der Waals surface area contributed by atoms with Gasteiger partial charge in [-0.2, -0.15) is 0 Å². The first-order chi connectivity index (χ1) is 12.6. The van der Waals surface area contributed by atoms with Gasteiger partial charge in [0.2, 0.25) is 0 Å². The topological polar surface area (TPSA) is 74.1 Å². The van der Waals surface area contributed by atoms with Gasteiger partial charge in [-0.25, -0.2) is 4.98 Å². The summed E-state index contributed by atoms with van der Waals surface area (Å²) in [7, 11) is 0. The first-order valence-corrected chi connectivity index (χ1v) is 9.24. The molecule has 132 valence electrons. The lowest BCUT2D eigenvalue weighted by Gasteiger charge is -2.11. The zero-order valence-corrected chi connectivity index (χ0v) is 15.4. The lowest BCUT2D eigenvalue weighted by Crippen LogP contribution is -2.23. The molecule has 0 N–H and O–H groups in total. The van der Waals surface area contributed by atoms with Gasteiger partial charge in [-0.1, -0.05) is 28.5 Å². The van der Waals surface area contributed by atoms with E-state index in [2.05, 4.69) is 10.1 Å². The Morgan fingerprint density at radius 2 is 2.15 bits per heavy atom. The number of hydrogen-bond donors (Lipinski definition) is 0. The van der Waals surface area contributed by atoms with E-state index in [4.69, 9.17) is 20.5 Å². The van der Waals surface area contributed by atoms with E-state index in [1.165, 1.54) is 11.8 Å². The zero-order chi connectivity index (χ0) is 18.1. The molecule has 3 heterocycles. The van der Waals surface area contributed by atoms with Crippen LogP contribution in [0.4, 0.5) is 0 Å². The third kappa shape index (κ3) is 3.40. The number of fused-ring (bicyclic) bond motifs is 1. The Morgan fingerprint density at radius 3 is 2.88 bits per heavy atom. The molecule has 6 nitrogen and oxygen atoms in total. The van der Waals surface area contributed by atoms with Crippen molar-refractivity contribution >= 4 is 34.3 Å². The molecule has 0 atom stereocenters. The molecule has 0 aliphatic rings. The predicted molar refractivity (Wildman–Crippen MR) is 99.6 cm³/mol. The molecule has 0 saturated heterocycles. The zero-order valence-electron chi connectivity index (χ0n) is 13.8. The molecule has 0 bridgehead atoms. The van der Waals surface area contributed by atoms with Crippen LogP contribution in [0.15, 0.2) is 61.6 Å². The van der Waals surface area contributed by atoms with Gasteiger partial charge in [0.05, 0.1) is 29.4 Å². The van der Waals surface area contributed by atoms with Crippen molar-refractivity contribution < 1.29 is 8.94 Å². The Balaban J connectivity index is 1.77. The first-order valence-electron chi connectivity index (χ1n) is 7.87. The molecule has 1 aromatic carbocycles. The van der Waals surface area contributed by atoms with Crippen LogP contribution < -0.4 is 5.56 Å². The van der Waals surface area contributed by atoms with Gasteiger partial charge in [0.1, 0.15) is 11.5 Å². The highest BCUT2D eigenvalue weighted by atomic mass is 35.5. The average molecular weight is 388 g/mol. The fourth-order valence-electron chi connectivity index (χ4n) is 2.61. The minimum atomic E-state index is -0.137. The number of nitrogens with zero attached hydrogens (tertiary/aromatic N) is 3. The second-order valence-electron chi connectivity index (χ2n) is 5.74. The summed E-state index contributed by atoms with van der Waals surface area (Å²) < 4.78 is 12.1. The summed E-state index contributed by atoms with van der Waals surface area (Å²) in [6.45, 7) is 2.14. The van der Waals surface area contributed by atoms with Crippen LogP contribution >= 0.6 is 23.4 Å². The van der Waals surface area contributed by atoms with Crippen molar-refractivity contribution in [3.8, 4) is 0 Å². The van der Waals surface area contributed by atoms with Crippen molar-refractivity contribution in [1.82, 2.24) is 14.7 Å². The largest absolute Gasteiger partial charge is 0.467 e. The average Bonchev–Trinajstić information content (AvgIpc) is 3.27. The highest BCUT2D eigenvalue weighted by Gasteiger charge is 2.14. The van der Waals surface area contributed by atoms with Gasteiger partial charge in [0.15, 0.2) is 5.16 Å². The van der Waals surface area contributed by atoms with E-state index in [1.54, 1.807) is 35.1 Å². The van der Waals surface area contributed by atoms with E-state index in [0.717, 1.165) is 11.5 Å². The molecule has 8 heteroatoms. The number of aryl methyl sites for hydroxylation is 1. The van der Waals surface area contributed by atoms with Gasteiger partial charge in [-0.3, -0.25) is 9.36 Å². The molecule has 26 heavy (non-hydrogen) atoms. The van der Waals surface area contributed by atoms with Crippen molar-refractivity contribution in [2.45, 2.75) is 24.4 Å². The highest BCUT2D eigenvalue weighted by molar-refractivity contribution is 7.98. The van der Waals surface area contributed by atoms with Crippen LogP contribution in [0.3, 0.4) is 0 Å². The van der Waals surface area contributed by atoms with Gasteiger partial charge in [0, 0.05) is 16.8 Å². The number of hydrogen-bond acceptors (Lipinski definition) is 6.